The Kier molecular flexibility index (Phi) is 3.77. The Morgan fingerprint density at radius 3 is 2.80 bits per heavy atom. The highest BCUT2D eigenvalue weighted by molar-refractivity contribution is 5.92. The van der Waals surface area contributed by atoms with E-state index in [-0.39, 0.29) is 17.0 Å². The standard InChI is InChI=1S/C23H23N5O2/c29-21(18-14-24-9-10-25-18)27-12-7-22(8-13-27)15-23(16-30-22)20-6-3-11-28(20)19-5-2-1-4-17(19)26-23/h1-6,9-11,14,26H,7-8,12-13,15-16H2. The number of aromatic nitrogens is 3. The molecule has 3 aromatic rings. The smallest absolute Gasteiger partial charge is 0.274 e. The van der Waals surface area contributed by atoms with Crippen molar-refractivity contribution < 1.29 is 9.53 Å². The van der Waals surface area contributed by atoms with Crippen LogP contribution in [0.15, 0.2) is 61.2 Å². The van der Waals surface area contributed by atoms with Crippen molar-refractivity contribution in [3.05, 3.63) is 72.6 Å². The van der Waals surface area contributed by atoms with Crippen LogP contribution in [0.3, 0.4) is 0 Å². The molecule has 0 radical (unpaired) electrons. The predicted octanol–water partition coefficient (Wildman–Crippen LogP) is 2.98. The van der Waals surface area contributed by atoms with Crippen LogP contribution in [0.2, 0.25) is 0 Å². The summed E-state index contributed by atoms with van der Waals surface area (Å²) >= 11 is 0. The van der Waals surface area contributed by atoms with Crippen LogP contribution in [0, 0.1) is 0 Å². The van der Waals surface area contributed by atoms with E-state index in [1.165, 1.54) is 17.6 Å². The molecule has 152 valence electrons. The molecular formula is C23H23N5O2. The summed E-state index contributed by atoms with van der Waals surface area (Å²) in [5, 5.41) is 3.80. The number of hydrogen-bond acceptors (Lipinski definition) is 5. The van der Waals surface area contributed by atoms with Gasteiger partial charge in [0.05, 0.1) is 35.5 Å². The number of nitrogens with zero attached hydrogens (tertiary/aromatic N) is 4. The van der Waals surface area contributed by atoms with Gasteiger partial charge in [-0.2, -0.15) is 0 Å². The van der Waals surface area contributed by atoms with Gasteiger partial charge >= 0.3 is 0 Å². The number of carbonyl (C=O) groups is 1. The third-order valence-corrected chi connectivity index (χ3v) is 6.77. The fraction of sp³-hybridized carbons (Fsp3) is 0.348. The Labute approximate surface area is 174 Å². The van der Waals surface area contributed by atoms with Crippen molar-refractivity contribution in [2.45, 2.75) is 30.4 Å². The van der Waals surface area contributed by atoms with Crippen LogP contribution in [0.1, 0.15) is 35.4 Å². The summed E-state index contributed by atoms with van der Waals surface area (Å²) < 4.78 is 8.79. The summed E-state index contributed by atoms with van der Waals surface area (Å²) in [7, 11) is 0. The van der Waals surface area contributed by atoms with Crippen molar-refractivity contribution in [2.24, 2.45) is 0 Å². The van der Waals surface area contributed by atoms with Crippen molar-refractivity contribution in [1.82, 2.24) is 19.4 Å². The number of para-hydroxylation sites is 2. The fourth-order valence-electron chi connectivity index (χ4n) is 5.28. The van der Waals surface area contributed by atoms with Crippen LogP contribution in [-0.4, -0.2) is 50.6 Å². The number of amides is 1. The minimum atomic E-state index is -0.241. The lowest BCUT2D eigenvalue weighted by Gasteiger charge is -2.41. The minimum absolute atomic E-state index is 0.0516. The molecule has 5 heterocycles. The Hall–Kier alpha value is -3.19. The second-order valence-corrected chi connectivity index (χ2v) is 8.52. The molecule has 30 heavy (non-hydrogen) atoms. The van der Waals surface area contributed by atoms with Gasteiger partial charge in [-0.05, 0) is 37.1 Å². The number of fused-ring (bicyclic) bond motifs is 4. The Morgan fingerprint density at radius 1 is 1.10 bits per heavy atom. The van der Waals surface area contributed by atoms with E-state index in [1.54, 1.807) is 12.4 Å². The van der Waals surface area contributed by atoms with E-state index in [1.807, 2.05) is 4.90 Å². The number of nitrogens with one attached hydrogen (secondary N) is 1. The van der Waals surface area contributed by atoms with Crippen LogP contribution in [0.4, 0.5) is 5.69 Å². The number of rotatable bonds is 1. The first kappa shape index (κ1) is 17.7. The molecule has 0 aliphatic carbocycles. The molecule has 1 unspecified atom stereocenters. The van der Waals surface area contributed by atoms with Gasteiger partial charge in [-0.25, -0.2) is 4.98 Å². The summed E-state index contributed by atoms with van der Waals surface area (Å²) in [5.41, 5.74) is 3.50. The average Bonchev–Trinajstić information content (AvgIpc) is 3.42. The fourth-order valence-corrected chi connectivity index (χ4v) is 5.28. The zero-order valence-electron chi connectivity index (χ0n) is 16.6. The van der Waals surface area contributed by atoms with E-state index in [0.29, 0.717) is 25.4 Å². The van der Waals surface area contributed by atoms with Crippen molar-refractivity contribution in [2.75, 3.05) is 25.0 Å². The second-order valence-electron chi connectivity index (χ2n) is 8.52. The first-order valence-corrected chi connectivity index (χ1v) is 10.4. The highest BCUT2D eigenvalue weighted by Gasteiger charge is 2.54. The van der Waals surface area contributed by atoms with Crippen LogP contribution in [0.25, 0.3) is 5.69 Å². The molecule has 0 bridgehead atoms. The second kappa shape index (κ2) is 6.40. The number of ether oxygens (including phenoxy) is 1. The molecule has 2 saturated heterocycles. The van der Waals surface area contributed by atoms with Gasteiger partial charge in [-0.15, -0.1) is 0 Å². The summed E-state index contributed by atoms with van der Waals surface area (Å²) in [4.78, 5) is 22.8. The van der Waals surface area contributed by atoms with E-state index in [2.05, 4.69) is 62.4 Å². The zero-order chi connectivity index (χ0) is 20.2. The average molecular weight is 401 g/mol. The van der Waals surface area contributed by atoms with Crippen LogP contribution >= 0.6 is 0 Å². The van der Waals surface area contributed by atoms with E-state index in [0.717, 1.165) is 24.9 Å². The SMILES string of the molecule is O=C(c1cnccn1)N1CCC2(CC1)CC1(CO2)Nc2ccccc2-n2cccc21. The van der Waals surface area contributed by atoms with E-state index in [9.17, 15) is 4.79 Å². The maximum atomic E-state index is 12.7. The third-order valence-electron chi connectivity index (χ3n) is 6.77. The minimum Gasteiger partial charge on any atom is -0.372 e. The predicted molar refractivity (Wildman–Crippen MR) is 112 cm³/mol. The highest BCUT2D eigenvalue weighted by atomic mass is 16.5. The van der Waals surface area contributed by atoms with Crippen molar-refractivity contribution >= 4 is 11.6 Å². The normalized spacial score (nSPS) is 23.8. The molecule has 1 amide bonds. The maximum absolute atomic E-state index is 12.7. The van der Waals surface area contributed by atoms with Gasteiger partial charge in [0.2, 0.25) is 0 Å². The molecule has 1 atom stereocenters. The van der Waals surface area contributed by atoms with Crippen LogP contribution < -0.4 is 5.32 Å². The van der Waals surface area contributed by atoms with Crippen molar-refractivity contribution in [3.8, 4) is 5.69 Å². The van der Waals surface area contributed by atoms with Crippen molar-refractivity contribution in [1.29, 1.82) is 0 Å². The summed E-state index contributed by atoms with van der Waals surface area (Å²) in [6, 6.07) is 12.7. The lowest BCUT2D eigenvalue weighted by molar-refractivity contribution is -0.0393. The Morgan fingerprint density at radius 2 is 1.97 bits per heavy atom. The topological polar surface area (TPSA) is 72.3 Å². The highest BCUT2D eigenvalue weighted by Crippen LogP contribution is 2.50. The lowest BCUT2D eigenvalue weighted by atomic mass is 9.79. The Bertz CT molecular complexity index is 1100. The van der Waals surface area contributed by atoms with Gasteiger partial charge in [-0.1, -0.05) is 12.1 Å². The lowest BCUT2D eigenvalue weighted by Crippen LogP contribution is -2.48. The molecule has 3 aliphatic rings. The van der Waals surface area contributed by atoms with Crippen LogP contribution in [0.5, 0.6) is 0 Å². The number of piperidine rings is 1. The maximum Gasteiger partial charge on any atom is 0.274 e. The monoisotopic (exact) mass is 401 g/mol. The number of anilines is 1. The van der Waals surface area contributed by atoms with Crippen molar-refractivity contribution in [3.63, 3.8) is 0 Å². The van der Waals surface area contributed by atoms with E-state index < -0.39 is 0 Å². The molecule has 1 aromatic carbocycles. The van der Waals surface area contributed by atoms with Gasteiger partial charge < -0.3 is 19.5 Å². The van der Waals surface area contributed by atoms with Gasteiger partial charge in [-0.3, -0.25) is 9.78 Å². The largest absolute Gasteiger partial charge is 0.372 e. The molecule has 3 aliphatic heterocycles. The third kappa shape index (κ3) is 2.58. The Balaban J connectivity index is 1.23. The molecule has 0 saturated carbocycles. The number of hydrogen-bond donors (Lipinski definition) is 1. The molecule has 1 N–H and O–H groups in total. The zero-order valence-corrected chi connectivity index (χ0v) is 16.6. The van der Waals surface area contributed by atoms with Gasteiger partial charge in [0, 0.05) is 38.1 Å². The van der Waals surface area contributed by atoms with E-state index >= 15 is 0 Å². The van der Waals surface area contributed by atoms with Gasteiger partial charge in [0.1, 0.15) is 11.2 Å². The van der Waals surface area contributed by atoms with Gasteiger partial charge in [0.25, 0.3) is 5.91 Å². The van der Waals surface area contributed by atoms with Crippen LogP contribution in [-0.2, 0) is 10.3 Å². The number of likely N-dealkylation sites (tertiary alicyclic amines) is 1. The first-order valence-electron chi connectivity index (χ1n) is 10.4. The van der Waals surface area contributed by atoms with Gasteiger partial charge in [0.15, 0.2) is 0 Å². The molecular weight excluding hydrogens is 378 g/mol. The number of carbonyl (C=O) groups excluding carboxylic acids is 1. The molecule has 2 aromatic heterocycles. The summed E-state index contributed by atoms with van der Waals surface area (Å²) in [6.07, 6.45) is 9.35. The van der Waals surface area contributed by atoms with E-state index in [4.69, 9.17) is 4.74 Å². The summed E-state index contributed by atoms with van der Waals surface area (Å²) in [6.45, 7) is 1.97. The first-order chi connectivity index (χ1) is 14.7. The quantitative estimate of drug-likeness (QED) is 0.679. The molecule has 2 fully saturated rings. The number of benzene rings is 1. The molecule has 7 heteroatoms. The molecule has 7 nitrogen and oxygen atoms in total. The molecule has 6 rings (SSSR count). The molecule has 2 spiro atoms. The summed E-state index contributed by atoms with van der Waals surface area (Å²) in [5.74, 6) is -0.0516.